The van der Waals surface area contributed by atoms with Gasteiger partial charge in [0, 0.05) is 22.4 Å². The van der Waals surface area contributed by atoms with E-state index in [1.54, 1.807) is 23.2 Å². The molecule has 4 aromatic heterocycles. The van der Waals surface area contributed by atoms with Gasteiger partial charge in [-0.1, -0.05) is 46.3 Å². The van der Waals surface area contributed by atoms with Crippen molar-refractivity contribution in [1.82, 2.24) is 34.3 Å². The Balaban J connectivity index is 1.50. The van der Waals surface area contributed by atoms with E-state index in [4.69, 9.17) is 19.9 Å². The summed E-state index contributed by atoms with van der Waals surface area (Å²) in [5.41, 5.74) is 6.30. The molecule has 6 aromatic rings. The van der Waals surface area contributed by atoms with Crippen LogP contribution >= 0.6 is 15.9 Å². The SMILES string of the molecule is Cc1nn(-c2ccccc2)c2c1C(c1ccc(Br)cc1)c1c(ncn3nc(-c4ccncc4)nc13)O2. The molecule has 7 rings (SSSR count). The van der Waals surface area contributed by atoms with Crippen molar-refractivity contribution in [2.45, 2.75) is 12.8 Å². The molecule has 1 unspecified atom stereocenters. The van der Waals surface area contributed by atoms with Crippen LogP contribution in [-0.4, -0.2) is 34.3 Å². The summed E-state index contributed by atoms with van der Waals surface area (Å²) in [5, 5.41) is 9.57. The van der Waals surface area contributed by atoms with Gasteiger partial charge in [-0.25, -0.2) is 19.2 Å². The first kappa shape index (κ1) is 21.0. The number of aromatic nitrogens is 7. The van der Waals surface area contributed by atoms with Gasteiger partial charge < -0.3 is 4.74 Å². The van der Waals surface area contributed by atoms with Crippen molar-refractivity contribution >= 4 is 21.6 Å². The third-order valence-corrected chi connectivity index (χ3v) is 6.89. The highest BCUT2D eigenvalue weighted by Gasteiger charge is 2.38. The third kappa shape index (κ3) is 3.24. The standard InChI is InChI=1S/C27H18BrN7O/c1-16-21-22(17-7-9-19(28)10-8-17)23-25-31-24(18-11-13-29-14-12-18)33-34(25)15-30-26(23)36-27(21)35(32-16)20-5-3-2-4-6-20/h2-15,22H,1H3. The van der Waals surface area contributed by atoms with Crippen molar-refractivity contribution in [3.63, 3.8) is 0 Å². The van der Waals surface area contributed by atoms with Gasteiger partial charge in [0.05, 0.1) is 28.4 Å². The summed E-state index contributed by atoms with van der Waals surface area (Å²) >= 11 is 3.57. The molecule has 0 aliphatic carbocycles. The second kappa shape index (κ2) is 8.10. The Bertz CT molecular complexity index is 1730. The van der Waals surface area contributed by atoms with Crippen LogP contribution in [0.4, 0.5) is 0 Å². The monoisotopic (exact) mass is 535 g/mol. The van der Waals surface area contributed by atoms with Gasteiger partial charge in [-0.2, -0.15) is 5.10 Å². The molecule has 0 saturated carbocycles. The minimum atomic E-state index is -0.194. The van der Waals surface area contributed by atoms with Crippen LogP contribution in [0.1, 0.15) is 28.3 Å². The molecule has 1 atom stereocenters. The molecular weight excluding hydrogens is 518 g/mol. The summed E-state index contributed by atoms with van der Waals surface area (Å²) in [4.78, 5) is 13.7. The minimum Gasteiger partial charge on any atom is -0.420 e. The van der Waals surface area contributed by atoms with Crippen molar-refractivity contribution in [3.05, 3.63) is 112 Å². The Labute approximate surface area is 214 Å². The molecule has 8 nitrogen and oxygen atoms in total. The maximum Gasteiger partial charge on any atom is 0.230 e. The van der Waals surface area contributed by atoms with E-state index in [9.17, 15) is 0 Å². The Morgan fingerprint density at radius 1 is 0.889 bits per heavy atom. The average molecular weight is 536 g/mol. The van der Waals surface area contributed by atoms with Crippen LogP contribution < -0.4 is 4.74 Å². The summed E-state index contributed by atoms with van der Waals surface area (Å²) in [5.74, 6) is 1.56. The maximum absolute atomic E-state index is 6.47. The number of nitrogens with zero attached hydrogens (tertiary/aromatic N) is 7. The van der Waals surface area contributed by atoms with Gasteiger partial charge in [-0.15, -0.1) is 5.10 Å². The van der Waals surface area contributed by atoms with Crippen molar-refractivity contribution in [2.75, 3.05) is 0 Å². The second-order valence-corrected chi connectivity index (χ2v) is 9.46. The smallest absolute Gasteiger partial charge is 0.230 e. The highest BCUT2D eigenvalue weighted by atomic mass is 79.9. The fourth-order valence-electron chi connectivity index (χ4n) is 4.73. The fraction of sp³-hybridized carbons (Fsp3) is 0.0741. The van der Waals surface area contributed by atoms with E-state index in [0.717, 1.165) is 38.1 Å². The van der Waals surface area contributed by atoms with E-state index in [2.05, 4.69) is 38.0 Å². The predicted molar refractivity (Wildman–Crippen MR) is 137 cm³/mol. The van der Waals surface area contributed by atoms with Crippen LogP contribution in [0.2, 0.25) is 0 Å². The van der Waals surface area contributed by atoms with E-state index in [1.165, 1.54) is 0 Å². The summed E-state index contributed by atoms with van der Waals surface area (Å²) < 4.78 is 11.0. The van der Waals surface area contributed by atoms with Gasteiger partial charge in [0.25, 0.3) is 0 Å². The topological polar surface area (TPSA) is 83.0 Å². The van der Waals surface area contributed by atoms with Crippen LogP contribution in [0.3, 0.4) is 0 Å². The minimum absolute atomic E-state index is 0.194. The molecule has 0 bridgehead atoms. The van der Waals surface area contributed by atoms with Crippen LogP contribution in [0.25, 0.3) is 22.7 Å². The van der Waals surface area contributed by atoms with Gasteiger partial charge >= 0.3 is 0 Å². The largest absolute Gasteiger partial charge is 0.420 e. The first-order valence-electron chi connectivity index (χ1n) is 11.4. The van der Waals surface area contributed by atoms with E-state index in [1.807, 2.05) is 66.2 Å². The number of hydrogen-bond acceptors (Lipinski definition) is 6. The molecule has 5 heterocycles. The quantitative estimate of drug-likeness (QED) is 0.287. The summed E-state index contributed by atoms with van der Waals surface area (Å²) in [7, 11) is 0. The zero-order valence-corrected chi connectivity index (χ0v) is 20.7. The number of para-hydroxylation sites is 1. The molecule has 2 aromatic carbocycles. The lowest BCUT2D eigenvalue weighted by Crippen LogP contribution is -2.16. The molecule has 0 saturated heterocycles. The first-order chi connectivity index (χ1) is 17.7. The lowest BCUT2D eigenvalue weighted by Gasteiger charge is -2.26. The van der Waals surface area contributed by atoms with Crippen molar-refractivity contribution in [2.24, 2.45) is 0 Å². The van der Waals surface area contributed by atoms with E-state index in [0.29, 0.717) is 23.2 Å². The Hall–Kier alpha value is -4.37. The highest BCUT2D eigenvalue weighted by Crippen LogP contribution is 2.49. The van der Waals surface area contributed by atoms with E-state index >= 15 is 0 Å². The Morgan fingerprint density at radius 2 is 1.67 bits per heavy atom. The number of rotatable bonds is 3. The second-order valence-electron chi connectivity index (χ2n) is 8.54. The number of ether oxygens (including phenoxy) is 1. The van der Waals surface area contributed by atoms with Gasteiger partial charge in [0.1, 0.15) is 6.33 Å². The number of benzene rings is 2. The molecule has 9 heteroatoms. The van der Waals surface area contributed by atoms with Crippen molar-refractivity contribution in [3.8, 4) is 28.8 Å². The number of aryl methyl sites for hydroxylation is 1. The Morgan fingerprint density at radius 3 is 2.44 bits per heavy atom. The average Bonchev–Trinajstić information content (AvgIpc) is 3.50. The molecule has 0 N–H and O–H groups in total. The van der Waals surface area contributed by atoms with Crippen LogP contribution in [-0.2, 0) is 0 Å². The van der Waals surface area contributed by atoms with Crippen molar-refractivity contribution in [1.29, 1.82) is 0 Å². The summed E-state index contributed by atoms with van der Waals surface area (Å²) in [6.07, 6.45) is 5.11. The Kier molecular flexibility index (Phi) is 4.71. The molecule has 1 aliphatic rings. The summed E-state index contributed by atoms with van der Waals surface area (Å²) in [6, 6.07) is 22.1. The van der Waals surface area contributed by atoms with E-state index < -0.39 is 0 Å². The summed E-state index contributed by atoms with van der Waals surface area (Å²) in [6.45, 7) is 2.01. The molecular formula is C27H18BrN7O. The molecule has 36 heavy (non-hydrogen) atoms. The van der Waals surface area contributed by atoms with Gasteiger partial charge in [0.2, 0.25) is 11.8 Å². The van der Waals surface area contributed by atoms with E-state index in [-0.39, 0.29) is 5.92 Å². The number of hydrogen-bond donors (Lipinski definition) is 0. The van der Waals surface area contributed by atoms with Crippen molar-refractivity contribution < 1.29 is 4.74 Å². The molecule has 174 valence electrons. The zero-order chi connectivity index (χ0) is 24.2. The molecule has 1 aliphatic heterocycles. The van der Waals surface area contributed by atoms with Gasteiger partial charge in [-0.3, -0.25) is 4.98 Å². The molecule has 0 spiro atoms. The number of fused-ring (bicyclic) bond motifs is 4. The fourth-order valence-corrected chi connectivity index (χ4v) is 5.00. The van der Waals surface area contributed by atoms with Crippen LogP contribution in [0.5, 0.6) is 11.8 Å². The lowest BCUT2D eigenvalue weighted by molar-refractivity contribution is 0.402. The number of halogens is 1. The molecule has 0 amide bonds. The molecule has 0 radical (unpaired) electrons. The van der Waals surface area contributed by atoms with Gasteiger partial charge in [-0.05, 0) is 48.9 Å². The third-order valence-electron chi connectivity index (χ3n) is 6.36. The van der Waals surface area contributed by atoms with Crippen LogP contribution in [0, 0.1) is 6.92 Å². The zero-order valence-electron chi connectivity index (χ0n) is 19.1. The number of pyridine rings is 1. The lowest BCUT2D eigenvalue weighted by atomic mass is 9.84. The molecule has 0 fully saturated rings. The maximum atomic E-state index is 6.47. The first-order valence-corrected chi connectivity index (χ1v) is 12.2. The van der Waals surface area contributed by atoms with Gasteiger partial charge in [0.15, 0.2) is 11.5 Å². The van der Waals surface area contributed by atoms with Crippen LogP contribution in [0.15, 0.2) is 89.9 Å². The normalized spacial score (nSPS) is 14.3. The predicted octanol–water partition coefficient (Wildman–Crippen LogP) is 5.73. The highest BCUT2D eigenvalue weighted by molar-refractivity contribution is 9.10.